The molecule has 124 valence electrons. The summed E-state index contributed by atoms with van der Waals surface area (Å²) in [5.41, 5.74) is 1.64. The second-order valence-corrected chi connectivity index (χ2v) is 7.26. The average molecular weight is 426 g/mol. The second kappa shape index (κ2) is 6.09. The zero-order valence-corrected chi connectivity index (χ0v) is 15.7. The average Bonchev–Trinajstić information content (AvgIpc) is 2.94. The highest BCUT2D eigenvalue weighted by Crippen LogP contribution is 2.40. The van der Waals surface area contributed by atoms with E-state index < -0.39 is 0 Å². The molecule has 2 atom stereocenters. The molecule has 1 aromatic carbocycles. The fourth-order valence-electron chi connectivity index (χ4n) is 4.38. The number of nitrogens with one attached hydrogen (secondary N) is 1. The molecule has 5 heteroatoms. The molecule has 0 aliphatic carbocycles. The SMILES string of the molecule is C[N+]1(C)C2CCC1CC(OC(=O)c1c[nH]c3ccccc13)C2.[I-]. The predicted octanol–water partition coefficient (Wildman–Crippen LogP) is 0.0985. The van der Waals surface area contributed by atoms with Crippen LogP contribution in [0.4, 0.5) is 0 Å². The Hall–Kier alpha value is -1.08. The van der Waals surface area contributed by atoms with Crippen LogP contribution < -0.4 is 24.0 Å². The van der Waals surface area contributed by atoms with Crippen LogP contribution in [0.5, 0.6) is 0 Å². The quantitative estimate of drug-likeness (QED) is 0.421. The van der Waals surface area contributed by atoms with Crippen LogP contribution in [0.1, 0.15) is 36.0 Å². The Bertz CT molecular complexity index is 709. The van der Waals surface area contributed by atoms with Crippen molar-refractivity contribution in [3.05, 3.63) is 36.0 Å². The lowest BCUT2D eigenvalue weighted by Gasteiger charge is -2.43. The van der Waals surface area contributed by atoms with Gasteiger partial charge in [-0.3, -0.25) is 0 Å². The molecular formula is C18H23IN2O2. The van der Waals surface area contributed by atoms with Crippen molar-refractivity contribution in [3.8, 4) is 0 Å². The largest absolute Gasteiger partial charge is 1.00 e. The van der Waals surface area contributed by atoms with Crippen molar-refractivity contribution in [2.75, 3.05) is 14.1 Å². The van der Waals surface area contributed by atoms with Crippen LogP contribution in [0.25, 0.3) is 10.9 Å². The highest BCUT2D eigenvalue weighted by atomic mass is 127. The number of benzene rings is 1. The summed E-state index contributed by atoms with van der Waals surface area (Å²) in [4.78, 5) is 15.7. The molecule has 2 aliphatic heterocycles. The summed E-state index contributed by atoms with van der Waals surface area (Å²) < 4.78 is 6.95. The molecule has 2 saturated heterocycles. The molecule has 2 bridgehead atoms. The second-order valence-electron chi connectivity index (χ2n) is 7.26. The van der Waals surface area contributed by atoms with Gasteiger partial charge in [-0.05, 0) is 6.07 Å². The summed E-state index contributed by atoms with van der Waals surface area (Å²) in [6.07, 6.45) is 6.36. The van der Waals surface area contributed by atoms with Gasteiger partial charge in [-0.25, -0.2) is 4.79 Å². The molecule has 3 heterocycles. The Labute approximate surface area is 153 Å². The van der Waals surface area contributed by atoms with Crippen molar-refractivity contribution in [2.24, 2.45) is 0 Å². The Kier molecular flexibility index (Phi) is 4.44. The molecule has 0 radical (unpaired) electrons. The molecule has 0 amide bonds. The first-order chi connectivity index (χ1) is 10.6. The maximum atomic E-state index is 12.5. The van der Waals surface area contributed by atoms with Gasteiger partial charge in [-0.2, -0.15) is 0 Å². The van der Waals surface area contributed by atoms with Crippen LogP contribution in [0.15, 0.2) is 30.5 Å². The van der Waals surface area contributed by atoms with Gasteiger partial charge in [0.1, 0.15) is 6.10 Å². The Balaban J connectivity index is 0.00000156. The number of carbonyl (C=O) groups is 1. The zero-order valence-electron chi connectivity index (χ0n) is 13.6. The number of piperidine rings is 1. The normalized spacial score (nSPS) is 28.3. The van der Waals surface area contributed by atoms with Crippen LogP contribution in [-0.2, 0) is 4.74 Å². The molecule has 4 rings (SSSR count). The van der Waals surface area contributed by atoms with Gasteiger partial charge in [0, 0.05) is 42.8 Å². The van der Waals surface area contributed by atoms with E-state index in [2.05, 4.69) is 19.1 Å². The first-order valence-corrected chi connectivity index (χ1v) is 8.16. The van der Waals surface area contributed by atoms with E-state index in [1.165, 1.54) is 12.8 Å². The summed E-state index contributed by atoms with van der Waals surface area (Å²) in [5.74, 6) is -0.186. The predicted molar refractivity (Wildman–Crippen MR) is 85.7 cm³/mol. The smallest absolute Gasteiger partial charge is 0.340 e. The van der Waals surface area contributed by atoms with Crippen molar-refractivity contribution in [3.63, 3.8) is 0 Å². The van der Waals surface area contributed by atoms with E-state index >= 15 is 0 Å². The maximum absolute atomic E-state index is 12.5. The van der Waals surface area contributed by atoms with Gasteiger partial charge in [0.2, 0.25) is 0 Å². The summed E-state index contributed by atoms with van der Waals surface area (Å²) in [7, 11) is 4.64. The number of para-hydroxylation sites is 1. The minimum Gasteiger partial charge on any atom is -1.00 e. The van der Waals surface area contributed by atoms with Gasteiger partial charge < -0.3 is 38.2 Å². The number of halogens is 1. The number of nitrogens with zero attached hydrogens (tertiary/aromatic N) is 1. The Morgan fingerprint density at radius 3 is 2.52 bits per heavy atom. The van der Waals surface area contributed by atoms with E-state index in [0.29, 0.717) is 17.6 Å². The highest BCUT2D eigenvalue weighted by molar-refractivity contribution is 6.04. The first-order valence-electron chi connectivity index (χ1n) is 8.16. The van der Waals surface area contributed by atoms with Crippen LogP contribution in [-0.4, -0.2) is 47.7 Å². The lowest BCUT2D eigenvalue weighted by atomic mass is 9.98. The number of H-pyrrole nitrogens is 1. The maximum Gasteiger partial charge on any atom is 0.340 e. The van der Waals surface area contributed by atoms with Crippen molar-refractivity contribution in [1.29, 1.82) is 0 Å². The minimum atomic E-state index is -0.186. The highest BCUT2D eigenvalue weighted by Gasteiger charge is 2.49. The number of rotatable bonds is 2. The number of esters is 1. The molecule has 4 nitrogen and oxygen atoms in total. The minimum absolute atomic E-state index is 0. The summed E-state index contributed by atoms with van der Waals surface area (Å²) >= 11 is 0. The van der Waals surface area contributed by atoms with E-state index in [0.717, 1.165) is 28.2 Å². The summed E-state index contributed by atoms with van der Waals surface area (Å²) in [6, 6.07) is 9.14. The van der Waals surface area contributed by atoms with Crippen LogP contribution in [0.3, 0.4) is 0 Å². The monoisotopic (exact) mass is 426 g/mol. The summed E-state index contributed by atoms with van der Waals surface area (Å²) in [6.45, 7) is 0. The molecule has 2 aromatic rings. The van der Waals surface area contributed by atoms with Gasteiger partial charge in [-0.1, -0.05) is 18.2 Å². The van der Waals surface area contributed by atoms with Crippen LogP contribution >= 0.6 is 0 Å². The van der Waals surface area contributed by atoms with E-state index in [1.54, 1.807) is 6.20 Å². The van der Waals surface area contributed by atoms with Crippen molar-refractivity contribution in [2.45, 2.75) is 43.9 Å². The van der Waals surface area contributed by atoms with Crippen molar-refractivity contribution in [1.82, 2.24) is 4.98 Å². The fraction of sp³-hybridized carbons (Fsp3) is 0.500. The number of ether oxygens (including phenoxy) is 1. The van der Waals surface area contributed by atoms with E-state index in [-0.39, 0.29) is 36.0 Å². The van der Waals surface area contributed by atoms with Crippen LogP contribution in [0.2, 0.25) is 0 Å². The number of carbonyl (C=O) groups excluding carboxylic acids is 1. The third kappa shape index (κ3) is 2.78. The van der Waals surface area contributed by atoms with E-state index in [4.69, 9.17) is 4.74 Å². The van der Waals surface area contributed by atoms with Gasteiger partial charge in [0.05, 0.1) is 31.7 Å². The third-order valence-electron chi connectivity index (χ3n) is 5.87. The van der Waals surface area contributed by atoms with Gasteiger partial charge in [0.25, 0.3) is 0 Å². The van der Waals surface area contributed by atoms with Crippen molar-refractivity contribution < 1.29 is 38.0 Å². The van der Waals surface area contributed by atoms with Crippen LogP contribution in [0, 0.1) is 0 Å². The van der Waals surface area contributed by atoms with Gasteiger partial charge >= 0.3 is 5.97 Å². The molecule has 0 spiro atoms. The van der Waals surface area contributed by atoms with E-state index in [1.807, 2.05) is 24.3 Å². The van der Waals surface area contributed by atoms with Gasteiger partial charge in [0.15, 0.2) is 0 Å². The van der Waals surface area contributed by atoms with Crippen molar-refractivity contribution >= 4 is 16.9 Å². The number of hydrogen-bond donors (Lipinski definition) is 1. The molecule has 2 unspecified atom stereocenters. The third-order valence-corrected chi connectivity index (χ3v) is 5.87. The number of aromatic amines is 1. The molecule has 1 aromatic heterocycles. The molecule has 23 heavy (non-hydrogen) atoms. The Morgan fingerprint density at radius 1 is 1.17 bits per heavy atom. The standard InChI is InChI=1S/C18H22N2O2.HI/c1-20(2)12-7-8-13(20)10-14(9-12)22-18(21)16-11-19-17-6-4-3-5-15(16)17;/h3-6,11-14H,7-10H2,1-2H3;1H. The molecule has 0 saturated carbocycles. The lowest BCUT2D eigenvalue weighted by Crippen LogP contribution is -3.00. The lowest BCUT2D eigenvalue weighted by molar-refractivity contribution is -0.931. The molecule has 2 aliphatic rings. The van der Waals surface area contributed by atoms with Gasteiger partial charge in [-0.15, -0.1) is 0 Å². The number of hydrogen-bond acceptors (Lipinski definition) is 2. The zero-order chi connectivity index (χ0) is 15.3. The molecule has 2 fully saturated rings. The topological polar surface area (TPSA) is 42.1 Å². The fourth-order valence-corrected chi connectivity index (χ4v) is 4.38. The Morgan fingerprint density at radius 2 is 1.83 bits per heavy atom. The first kappa shape index (κ1) is 16.8. The molecule has 1 N–H and O–H groups in total. The molecular weight excluding hydrogens is 403 g/mol. The number of fused-ring (bicyclic) bond motifs is 3. The number of aromatic nitrogens is 1. The summed E-state index contributed by atoms with van der Waals surface area (Å²) in [5, 5.41) is 0.947. The number of quaternary nitrogens is 1. The van der Waals surface area contributed by atoms with E-state index in [9.17, 15) is 4.79 Å².